The number of nitrogens with one attached hydrogen (secondary N) is 1. The Morgan fingerprint density at radius 2 is 2.29 bits per heavy atom. The zero-order chi connectivity index (χ0) is 14.8. The number of benzene rings is 1. The van der Waals surface area contributed by atoms with Crippen LogP contribution in [0.2, 0.25) is 0 Å². The second kappa shape index (κ2) is 6.02. The molecule has 0 bridgehead atoms. The number of nitrogens with zero attached hydrogens (tertiary/aromatic N) is 2. The van der Waals surface area contributed by atoms with Crippen molar-refractivity contribution in [2.45, 2.75) is 39.2 Å². The Hall–Kier alpha value is -1.62. The second-order valence-corrected chi connectivity index (χ2v) is 6.63. The van der Waals surface area contributed by atoms with Crippen LogP contribution in [0.1, 0.15) is 43.3 Å². The molecule has 0 aliphatic heterocycles. The summed E-state index contributed by atoms with van der Waals surface area (Å²) < 4.78 is 9.88. The van der Waals surface area contributed by atoms with Crippen LogP contribution in [0.15, 0.2) is 18.2 Å². The summed E-state index contributed by atoms with van der Waals surface area (Å²) in [5.41, 5.74) is 2.65. The van der Waals surface area contributed by atoms with Crippen molar-refractivity contribution in [3.05, 3.63) is 35.2 Å². The average Bonchev–Trinajstić information content (AvgIpc) is 3.06. The molecule has 1 heterocycles. The van der Waals surface area contributed by atoms with Gasteiger partial charge in [0.1, 0.15) is 11.6 Å². The smallest absolute Gasteiger partial charge is 0.203 e. The Labute approximate surface area is 129 Å². The first-order chi connectivity index (χ1) is 10.2. The monoisotopic (exact) mass is 303 g/mol. The first-order valence-electron chi connectivity index (χ1n) is 7.42. The lowest BCUT2D eigenvalue weighted by Gasteiger charge is -2.13. The number of methoxy groups -OCH3 is 1. The summed E-state index contributed by atoms with van der Waals surface area (Å²) in [6, 6.07) is 6.59. The Kier molecular flexibility index (Phi) is 4.10. The zero-order valence-corrected chi connectivity index (χ0v) is 13.5. The number of ether oxygens (including phenoxy) is 1. The van der Waals surface area contributed by atoms with Crippen LogP contribution in [0.3, 0.4) is 0 Å². The van der Waals surface area contributed by atoms with Gasteiger partial charge in [-0.1, -0.05) is 26.0 Å². The van der Waals surface area contributed by atoms with Crippen molar-refractivity contribution in [1.29, 1.82) is 0 Å². The molecule has 1 atom stereocenters. The molecule has 4 nitrogen and oxygen atoms in total. The van der Waals surface area contributed by atoms with E-state index in [1.807, 2.05) is 6.07 Å². The van der Waals surface area contributed by atoms with E-state index in [4.69, 9.17) is 4.74 Å². The number of anilines is 1. The molecule has 3 rings (SSSR count). The van der Waals surface area contributed by atoms with E-state index in [0.29, 0.717) is 12.0 Å². The Morgan fingerprint density at radius 3 is 3.05 bits per heavy atom. The largest absolute Gasteiger partial charge is 0.496 e. The van der Waals surface area contributed by atoms with Crippen molar-refractivity contribution in [1.82, 2.24) is 9.36 Å². The topological polar surface area (TPSA) is 47.0 Å². The molecule has 1 unspecified atom stereocenters. The number of aromatic nitrogens is 2. The van der Waals surface area contributed by atoms with E-state index in [1.165, 1.54) is 22.7 Å². The summed E-state index contributed by atoms with van der Waals surface area (Å²) in [4.78, 5) is 4.59. The van der Waals surface area contributed by atoms with Crippen LogP contribution in [0.5, 0.6) is 5.75 Å². The third kappa shape index (κ3) is 3.02. The van der Waals surface area contributed by atoms with E-state index < -0.39 is 0 Å². The molecule has 0 spiro atoms. The van der Waals surface area contributed by atoms with Crippen LogP contribution in [-0.4, -0.2) is 16.5 Å². The molecular formula is C16H21N3OS. The number of rotatable bonds is 5. The molecule has 1 aromatic carbocycles. The summed E-state index contributed by atoms with van der Waals surface area (Å²) in [5, 5.41) is 4.45. The van der Waals surface area contributed by atoms with Gasteiger partial charge in [0, 0.05) is 18.0 Å². The van der Waals surface area contributed by atoms with Crippen LogP contribution < -0.4 is 10.1 Å². The molecule has 1 N–H and O–H groups in total. The van der Waals surface area contributed by atoms with E-state index in [-0.39, 0.29) is 0 Å². The second-order valence-electron chi connectivity index (χ2n) is 5.88. The zero-order valence-electron chi connectivity index (χ0n) is 12.7. The van der Waals surface area contributed by atoms with Crippen molar-refractivity contribution in [2.75, 3.05) is 12.4 Å². The van der Waals surface area contributed by atoms with Gasteiger partial charge in [-0.05, 0) is 36.0 Å². The van der Waals surface area contributed by atoms with Gasteiger partial charge < -0.3 is 10.1 Å². The van der Waals surface area contributed by atoms with Crippen molar-refractivity contribution in [2.24, 2.45) is 5.92 Å². The SMILES string of the molecule is COc1cccc2c1CCC2Nc1nc(CC(C)C)ns1. The maximum absolute atomic E-state index is 5.45. The Bertz CT molecular complexity index is 624. The lowest BCUT2D eigenvalue weighted by molar-refractivity contribution is 0.410. The molecular weight excluding hydrogens is 282 g/mol. The molecule has 1 aliphatic carbocycles. The molecule has 0 amide bonds. The molecule has 112 valence electrons. The molecule has 1 aromatic heterocycles. The van der Waals surface area contributed by atoms with E-state index in [0.717, 1.165) is 36.0 Å². The summed E-state index contributed by atoms with van der Waals surface area (Å²) in [5.74, 6) is 2.53. The number of hydrogen-bond donors (Lipinski definition) is 1. The standard InChI is InChI=1S/C16H21N3OS/c1-10(2)9-15-18-16(21-19-15)17-13-8-7-12-11(13)5-4-6-14(12)20-3/h4-6,10,13H,7-9H2,1-3H3,(H,17,18,19). The van der Waals surface area contributed by atoms with Crippen molar-refractivity contribution in [3.8, 4) is 5.75 Å². The fourth-order valence-corrected chi connectivity index (χ4v) is 3.52. The van der Waals surface area contributed by atoms with Crippen molar-refractivity contribution >= 4 is 16.7 Å². The molecule has 0 fully saturated rings. The van der Waals surface area contributed by atoms with Crippen LogP contribution in [0, 0.1) is 5.92 Å². The molecule has 2 aromatic rings. The van der Waals surface area contributed by atoms with Crippen LogP contribution in [0.25, 0.3) is 0 Å². The highest BCUT2D eigenvalue weighted by Gasteiger charge is 2.25. The van der Waals surface area contributed by atoms with Gasteiger partial charge in [-0.15, -0.1) is 0 Å². The number of hydrogen-bond acceptors (Lipinski definition) is 5. The van der Waals surface area contributed by atoms with Gasteiger partial charge in [0.25, 0.3) is 0 Å². The first kappa shape index (κ1) is 14.3. The summed E-state index contributed by atoms with van der Waals surface area (Å²) in [6.45, 7) is 4.38. The highest BCUT2D eigenvalue weighted by Crippen LogP contribution is 2.38. The minimum atomic E-state index is 0.315. The Morgan fingerprint density at radius 1 is 1.43 bits per heavy atom. The predicted octanol–water partition coefficient (Wildman–Crippen LogP) is 3.84. The maximum atomic E-state index is 5.45. The molecule has 21 heavy (non-hydrogen) atoms. The van der Waals surface area contributed by atoms with Gasteiger partial charge >= 0.3 is 0 Å². The third-order valence-corrected chi connectivity index (χ3v) is 4.49. The van der Waals surface area contributed by atoms with E-state index >= 15 is 0 Å². The van der Waals surface area contributed by atoms with Gasteiger partial charge in [0.15, 0.2) is 0 Å². The highest BCUT2D eigenvalue weighted by molar-refractivity contribution is 7.09. The van der Waals surface area contributed by atoms with Gasteiger partial charge in [-0.25, -0.2) is 4.98 Å². The Balaban J connectivity index is 1.75. The normalized spacial score (nSPS) is 17.0. The van der Waals surface area contributed by atoms with Gasteiger partial charge in [0.05, 0.1) is 13.2 Å². The molecule has 1 aliphatic rings. The van der Waals surface area contributed by atoms with Gasteiger partial charge in [-0.2, -0.15) is 4.37 Å². The molecule has 0 saturated heterocycles. The summed E-state index contributed by atoms with van der Waals surface area (Å²) >= 11 is 1.46. The van der Waals surface area contributed by atoms with Gasteiger partial charge in [-0.3, -0.25) is 0 Å². The minimum Gasteiger partial charge on any atom is -0.496 e. The number of fused-ring (bicyclic) bond motifs is 1. The lowest BCUT2D eigenvalue weighted by atomic mass is 10.1. The first-order valence-corrected chi connectivity index (χ1v) is 8.19. The minimum absolute atomic E-state index is 0.315. The fraction of sp³-hybridized carbons (Fsp3) is 0.500. The van der Waals surface area contributed by atoms with E-state index in [2.05, 4.69) is 40.7 Å². The summed E-state index contributed by atoms with van der Waals surface area (Å²) in [6.07, 6.45) is 3.07. The molecule has 5 heteroatoms. The fourth-order valence-electron chi connectivity index (χ4n) is 2.87. The lowest BCUT2D eigenvalue weighted by Crippen LogP contribution is -2.07. The van der Waals surface area contributed by atoms with Crippen LogP contribution in [-0.2, 0) is 12.8 Å². The van der Waals surface area contributed by atoms with Crippen LogP contribution in [0.4, 0.5) is 5.13 Å². The van der Waals surface area contributed by atoms with Crippen LogP contribution >= 0.6 is 11.5 Å². The van der Waals surface area contributed by atoms with Crippen molar-refractivity contribution in [3.63, 3.8) is 0 Å². The highest BCUT2D eigenvalue weighted by atomic mass is 32.1. The average molecular weight is 303 g/mol. The molecule has 0 saturated carbocycles. The third-order valence-electron chi connectivity index (χ3n) is 3.80. The van der Waals surface area contributed by atoms with Crippen molar-refractivity contribution < 1.29 is 4.74 Å². The quantitative estimate of drug-likeness (QED) is 0.911. The maximum Gasteiger partial charge on any atom is 0.203 e. The van der Waals surface area contributed by atoms with E-state index in [9.17, 15) is 0 Å². The predicted molar refractivity (Wildman–Crippen MR) is 86.1 cm³/mol. The van der Waals surface area contributed by atoms with E-state index in [1.54, 1.807) is 7.11 Å². The molecule has 0 radical (unpaired) electrons. The summed E-state index contributed by atoms with van der Waals surface area (Å²) in [7, 11) is 1.74. The van der Waals surface area contributed by atoms with Gasteiger partial charge in [0.2, 0.25) is 5.13 Å².